The number of hydrogen-bond acceptors (Lipinski definition) is 6. The number of aliphatic carboxylic acids is 2. The van der Waals surface area contributed by atoms with Crippen molar-refractivity contribution >= 4 is 23.7 Å². The van der Waals surface area contributed by atoms with Gasteiger partial charge in [0, 0.05) is 29.8 Å². The van der Waals surface area contributed by atoms with E-state index in [0.717, 1.165) is 24.5 Å². The zero-order valence-corrected chi connectivity index (χ0v) is 16.0. The number of alkyl halides is 6. The molecular weight excluding hydrogens is 446 g/mol. The minimum Gasteiger partial charge on any atom is -0.475 e. The maximum Gasteiger partial charge on any atom is 0.490 e. The van der Waals surface area contributed by atoms with E-state index in [1.165, 1.54) is 6.42 Å². The number of pyridine rings is 1. The highest BCUT2D eigenvalue weighted by atomic mass is 32.2. The number of carboxylic acids is 2. The average Bonchev–Trinajstić information content (AvgIpc) is 3.05. The predicted molar refractivity (Wildman–Crippen MR) is 92.9 cm³/mol. The third-order valence-corrected chi connectivity index (χ3v) is 5.35. The molecule has 30 heavy (non-hydrogen) atoms. The van der Waals surface area contributed by atoms with Crippen LogP contribution in [0.1, 0.15) is 12.1 Å². The molecule has 0 aliphatic carbocycles. The van der Waals surface area contributed by atoms with E-state index < -0.39 is 24.3 Å². The third kappa shape index (κ3) is 9.17. The van der Waals surface area contributed by atoms with Crippen LogP contribution in [0.3, 0.4) is 0 Å². The Hall–Kier alpha value is -2.06. The fourth-order valence-corrected chi connectivity index (χ4v) is 3.71. The molecule has 14 heteroatoms. The van der Waals surface area contributed by atoms with E-state index in [1.807, 2.05) is 24.4 Å². The predicted octanol–water partition coefficient (Wildman–Crippen LogP) is 2.71. The van der Waals surface area contributed by atoms with E-state index in [2.05, 4.69) is 22.1 Å². The monoisotopic (exact) mass is 464 g/mol. The zero-order valence-electron chi connectivity index (χ0n) is 15.2. The third-order valence-electron chi connectivity index (χ3n) is 3.75. The maximum atomic E-state index is 10.6. The number of carbonyl (C=O) groups is 2. The SMILES string of the molecule is O=C(O)C(F)(F)F.O=C(O)C(F)(F)F.c1ccc(COC2CSC3(CNC3)C2)nc1. The maximum absolute atomic E-state index is 10.6. The van der Waals surface area contributed by atoms with E-state index in [9.17, 15) is 26.3 Å². The first kappa shape index (κ1) is 26.0. The number of aromatic nitrogens is 1. The Bertz CT molecular complexity index is 674. The Labute approximate surface area is 170 Å². The summed E-state index contributed by atoms with van der Waals surface area (Å²) >= 11 is 2.07. The number of rotatable bonds is 3. The molecule has 3 rings (SSSR count). The molecule has 1 aromatic heterocycles. The van der Waals surface area contributed by atoms with Gasteiger partial charge in [-0.25, -0.2) is 9.59 Å². The summed E-state index contributed by atoms with van der Waals surface area (Å²) < 4.78 is 69.9. The molecule has 0 amide bonds. The molecule has 2 saturated heterocycles. The Morgan fingerprint density at radius 2 is 1.67 bits per heavy atom. The van der Waals surface area contributed by atoms with Crippen LogP contribution in [-0.4, -0.2) is 69.2 Å². The van der Waals surface area contributed by atoms with Gasteiger partial charge in [0.25, 0.3) is 0 Å². The standard InChI is InChI=1S/C12H16N2OS.2C2HF3O2/c1-2-4-14-10(3-1)6-15-11-5-12(16-7-11)8-13-9-12;2*3-2(4,5)1(6)7/h1-4,11,13H,5-9H2;2*(H,6,7). The molecule has 0 radical (unpaired) electrons. The number of nitrogens with one attached hydrogen (secondary N) is 1. The summed E-state index contributed by atoms with van der Waals surface area (Å²) in [4.78, 5) is 22.1. The second-order valence-corrected chi connectivity index (χ2v) is 7.65. The van der Waals surface area contributed by atoms with Crippen LogP contribution in [0.25, 0.3) is 0 Å². The molecular formula is C16H18F6N2O5S. The van der Waals surface area contributed by atoms with Crippen LogP contribution in [0.5, 0.6) is 0 Å². The second kappa shape index (κ2) is 10.8. The van der Waals surface area contributed by atoms with Crippen molar-refractivity contribution in [2.75, 3.05) is 18.8 Å². The van der Waals surface area contributed by atoms with Crippen LogP contribution >= 0.6 is 11.8 Å². The van der Waals surface area contributed by atoms with Gasteiger partial charge in [-0.1, -0.05) is 6.07 Å². The minimum atomic E-state index is -5.08. The molecule has 1 aromatic rings. The zero-order chi connectivity index (χ0) is 23.0. The van der Waals surface area contributed by atoms with E-state index in [4.69, 9.17) is 24.5 Å². The molecule has 3 N–H and O–H groups in total. The van der Waals surface area contributed by atoms with Gasteiger partial charge in [-0.05, 0) is 18.6 Å². The second-order valence-electron chi connectivity index (χ2n) is 6.16. The molecule has 170 valence electrons. The Morgan fingerprint density at radius 3 is 2.00 bits per heavy atom. The first-order valence-electron chi connectivity index (χ1n) is 8.21. The summed E-state index contributed by atoms with van der Waals surface area (Å²) in [5.74, 6) is -4.38. The quantitative estimate of drug-likeness (QED) is 0.586. The van der Waals surface area contributed by atoms with E-state index in [-0.39, 0.29) is 0 Å². The minimum absolute atomic E-state index is 0.411. The van der Waals surface area contributed by atoms with Crippen LogP contribution in [0.2, 0.25) is 0 Å². The smallest absolute Gasteiger partial charge is 0.475 e. The fraction of sp³-hybridized carbons (Fsp3) is 0.562. The molecule has 2 fully saturated rings. The van der Waals surface area contributed by atoms with Crippen LogP contribution in [-0.2, 0) is 20.9 Å². The summed E-state index contributed by atoms with van der Waals surface area (Å²) in [5.41, 5.74) is 1.03. The number of ether oxygens (including phenoxy) is 1. The number of nitrogens with zero attached hydrogens (tertiary/aromatic N) is 1. The van der Waals surface area contributed by atoms with Gasteiger partial charge < -0.3 is 20.3 Å². The molecule has 1 atom stereocenters. The van der Waals surface area contributed by atoms with Crippen molar-refractivity contribution < 1.29 is 50.9 Å². The largest absolute Gasteiger partial charge is 0.490 e. The van der Waals surface area contributed by atoms with Crippen molar-refractivity contribution in [3.63, 3.8) is 0 Å². The summed E-state index contributed by atoms with van der Waals surface area (Å²) in [6, 6.07) is 5.96. The van der Waals surface area contributed by atoms with E-state index >= 15 is 0 Å². The highest BCUT2D eigenvalue weighted by Gasteiger charge is 2.45. The van der Waals surface area contributed by atoms with Gasteiger partial charge in [0.2, 0.25) is 0 Å². The lowest BCUT2D eigenvalue weighted by molar-refractivity contribution is -0.193. The highest BCUT2D eigenvalue weighted by molar-refractivity contribution is 8.01. The lowest BCUT2D eigenvalue weighted by atomic mass is 9.96. The molecule has 3 heterocycles. The van der Waals surface area contributed by atoms with Gasteiger partial charge in [0.05, 0.1) is 18.4 Å². The molecule has 0 bridgehead atoms. The van der Waals surface area contributed by atoms with E-state index in [0.29, 0.717) is 17.5 Å². The molecule has 0 aromatic carbocycles. The summed E-state index contributed by atoms with van der Waals surface area (Å²) in [7, 11) is 0. The van der Waals surface area contributed by atoms with Crippen molar-refractivity contribution in [1.82, 2.24) is 10.3 Å². The number of thioether (sulfide) groups is 1. The van der Waals surface area contributed by atoms with Gasteiger partial charge in [0.15, 0.2) is 0 Å². The first-order valence-corrected chi connectivity index (χ1v) is 9.20. The van der Waals surface area contributed by atoms with Crippen molar-refractivity contribution in [3.8, 4) is 0 Å². The molecule has 2 aliphatic heterocycles. The van der Waals surface area contributed by atoms with Crippen molar-refractivity contribution in [3.05, 3.63) is 30.1 Å². The van der Waals surface area contributed by atoms with E-state index in [1.54, 1.807) is 0 Å². The highest BCUT2D eigenvalue weighted by Crippen LogP contribution is 2.42. The molecule has 2 aliphatic rings. The lowest BCUT2D eigenvalue weighted by Gasteiger charge is -2.38. The van der Waals surface area contributed by atoms with Crippen molar-refractivity contribution in [2.24, 2.45) is 0 Å². The first-order chi connectivity index (χ1) is 13.8. The summed E-state index contributed by atoms with van der Waals surface area (Å²) in [5, 5.41) is 17.6. The average molecular weight is 464 g/mol. The topological polar surface area (TPSA) is 109 Å². The molecule has 1 unspecified atom stereocenters. The normalized spacial score (nSPS) is 19.6. The molecule has 0 saturated carbocycles. The van der Waals surface area contributed by atoms with Crippen LogP contribution < -0.4 is 5.32 Å². The summed E-state index contributed by atoms with van der Waals surface area (Å²) in [6.45, 7) is 2.96. The lowest BCUT2D eigenvalue weighted by Crippen LogP contribution is -2.56. The van der Waals surface area contributed by atoms with Gasteiger partial charge in [-0.15, -0.1) is 11.8 Å². The van der Waals surface area contributed by atoms with Gasteiger partial charge in [0.1, 0.15) is 0 Å². The van der Waals surface area contributed by atoms with Crippen molar-refractivity contribution in [1.29, 1.82) is 0 Å². The number of hydrogen-bond donors (Lipinski definition) is 3. The number of carboxylic acid groups (broad SMARTS) is 2. The van der Waals surface area contributed by atoms with Gasteiger partial charge in [-0.3, -0.25) is 4.98 Å². The van der Waals surface area contributed by atoms with Crippen LogP contribution in [0.15, 0.2) is 24.4 Å². The summed E-state index contributed by atoms with van der Waals surface area (Å²) in [6.07, 6.45) is -6.74. The van der Waals surface area contributed by atoms with Gasteiger partial charge in [-0.2, -0.15) is 26.3 Å². The van der Waals surface area contributed by atoms with Crippen molar-refractivity contribution in [2.45, 2.75) is 36.2 Å². The molecule has 7 nitrogen and oxygen atoms in total. The van der Waals surface area contributed by atoms with Gasteiger partial charge >= 0.3 is 24.3 Å². The fourth-order valence-electron chi connectivity index (χ4n) is 2.25. The number of halogens is 6. The Morgan fingerprint density at radius 1 is 1.13 bits per heavy atom. The van der Waals surface area contributed by atoms with Crippen LogP contribution in [0, 0.1) is 0 Å². The Kier molecular flexibility index (Phi) is 9.36. The van der Waals surface area contributed by atoms with Crippen LogP contribution in [0.4, 0.5) is 26.3 Å². The Balaban J connectivity index is 0.000000271. The molecule has 1 spiro atoms.